The van der Waals surface area contributed by atoms with Crippen molar-refractivity contribution in [1.29, 1.82) is 5.26 Å². The van der Waals surface area contributed by atoms with E-state index in [2.05, 4.69) is 10.3 Å². The van der Waals surface area contributed by atoms with Gasteiger partial charge in [0.1, 0.15) is 29.2 Å². The predicted octanol–water partition coefficient (Wildman–Crippen LogP) is 3.79. The van der Waals surface area contributed by atoms with Gasteiger partial charge in [0.25, 0.3) is 0 Å². The van der Waals surface area contributed by atoms with E-state index >= 15 is 0 Å². The van der Waals surface area contributed by atoms with Gasteiger partial charge in [-0.05, 0) is 36.8 Å². The first-order chi connectivity index (χ1) is 9.63. The van der Waals surface area contributed by atoms with E-state index in [1.807, 2.05) is 13.0 Å². The van der Waals surface area contributed by atoms with E-state index in [9.17, 15) is 8.78 Å². The second-order valence-corrected chi connectivity index (χ2v) is 4.29. The van der Waals surface area contributed by atoms with Crippen molar-refractivity contribution in [3.05, 3.63) is 59.3 Å². The Balaban J connectivity index is 2.29. The molecule has 1 aromatic heterocycles. The molecule has 102 valence electrons. The lowest BCUT2D eigenvalue weighted by atomic mass is 10.0. The van der Waals surface area contributed by atoms with Crippen LogP contribution in [0.25, 0.3) is 0 Å². The molecule has 1 heterocycles. The van der Waals surface area contributed by atoms with Crippen LogP contribution in [-0.4, -0.2) is 4.98 Å². The third kappa shape index (κ3) is 3.09. The molecule has 2 aromatic rings. The quantitative estimate of drug-likeness (QED) is 0.921. The van der Waals surface area contributed by atoms with E-state index in [4.69, 9.17) is 5.26 Å². The molecular formula is C15H13F2N3. The van der Waals surface area contributed by atoms with Crippen molar-refractivity contribution in [3.63, 3.8) is 0 Å². The van der Waals surface area contributed by atoms with Crippen LogP contribution in [-0.2, 0) is 0 Å². The van der Waals surface area contributed by atoms with Crippen molar-refractivity contribution < 1.29 is 8.78 Å². The third-order valence-electron chi connectivity index (χ3n) is 2.93. The molecule has 3 nitrogen and oxygen atoms in total. The lowest BCUT2D eigenvalue weighted by molar-refractivity contribution is 0.566. The Kier molecular flexibility index (Phi) is 4.26. The Morgan fingerprint density at radius 2 is 2.10 bits per heavy atom. The normalized spacial score (nSPS) is 11.7. The highest BCUT2D eigenvalue weighted by Crippen LogP contribution is 2.24. The van der Waals surface area contributed by atoms with Gasteiger partial charge in [-0.25, -0.2) is 13.8 Å². The van der Waals surface area contributed by atoms with Crippen molar-refractivity contribution >= 4 is 5.82 Å². The van der Waals surface area contributed by atoms with Gasteiger partial charge in [-0.2, -0.15) is 5.26 Å². The molecule has 0 saturated heterocycles. The highest BCUT2D eigenvalue weighted by Gasteiger charge is 2.15. The Hall–Kier alpha value is -2.48. The fourth-order valence-corrected chi connectivity index (χ4v) is 1.94. The van der Waals surface area contributed by atoms with Crippen LogP contribution in [0, 0.1) is 23.0 Å². The minimum atomic E-state index is -0.486. The van der Waals surface area contributed by atoms with E-state index in [0.717, 1.165) is 12.1 Å². The van der Waals surface area contributed by atoms with Gasteiger partial charge >= 0.3 is 0 Å². The zero-order valence-electron chi connectivity index (χ0n) is 10.9. The molecule has 0 aliphatic heterocycles. The third-order valence-corrected chi connectivity index (χ3v) is 2.93. The molecule has 20 heavy (non-hydrogen) atoms. The molecule has 5 heteroatoms. The lowest BCUT2D eigenvalue weighted by Gasteiger charge is -2.18. The molecule has 2 rings (SSSR count). The minimum Gasteiger partial charge on any atom is -0.363 e. The monoisotopic (exact) mass is 273 g/mol. The summed E-state index contributed by atoms with van der Waals surface area (Å²) in [6.45, 7) is 1.86. The maximum atomic E-state index is 13.8. The average Bonchev–Trinajstić information content (AvgIpc) is 2.47. The summed E-state index contributed by atoms with van der Waals surface area (Å²) in [6, 6.07) is 9.83. The number of benzene rings is 1. The maximum Gasteiger partial charge on any atom is 0.142 e. The van der Waals surface area contributed by atoms with Crippen LogP contribution in [0.15, 0.2) is 36.4 Å². The van der Waals surface area contributed by atoms with Crippen molar-refractivity contribution in [2.45, 2.75) is 19.4 Å². The zero-order chi connectivity index (χ0) is 14.5. The van der Waals surface area contributed by atoms with Crippen LogP contribution in [0.1, 0.15) is 30.6 Å². The van der Waals surface area contributed by atoms with Gasteiger partial charge in [0.05, 0.1) is 6.04 Å². The molecule has 0 bridgehead atoms. The number of rotatable bonds is 4. The summed E-state index contributed by atoms with van der Waals surface area (Å²) in [5.41, 5.74) is 0.515. The van der Waals surface area contributed by atoms with E-state index in [1.54, 1.807) is 18.2 Å². The topological polar surface area (TPSA) is 48.7 Å². The fourth-order valence-electron chi connectivity index (χ4n) is 1.94. The van der Waals surface area contributed by atoms with Gasteiger partial charge in [0.15, 0.2) is 0 Å². The van der Waals surface area contributed by atoms with Crippen LogP contribution in [0.3, 0.4) is 0 Å². The van der Waals surface area contributed by atoms with Crippen LogP contribution in [0.5, 0.6) is 0 Å². The molecule has 0 aliphatic carbocycles. The number of anilines is 1. The first-order valence-electron chi connectivity index (χ1n) is 6.22. The van der Waals surface area contributed by atoms with E-state index in [1.165, 1.54) is 6.07 Å². The number of pyridine rings is 1. The summed E-state index contributed by atoms with van der Waals surface area (Å²) >= 11 is 0. The van der Waals surface area contributed by atoms with Crippen molar-refractivity contribution in [3.8, 4) is 6.07 Å². The Morgan fingerprint density at radius 3 is 2.80 bits per heavy atom. The highest BCUT2D eigenvalue weighted by atomic mass is 19.1. The second-order valence-electron chi connectivity index (χ2n) is 4.29. The van der Waals surface area contributed by atoms with Crippen molar-refractivity contribution in [2.75, 3.05) is 5.32 Å². The smallest absolute Gasteiger partial charge is 0.142 e. The number of nitriles is 1. The Morgan fingerprint density at radius 1 is 1.30 bits per heavy atom. The SMILES string of the molecule is CCC(Nc1cccc(C#N)n1)c1cc(F)ccc1F. The van der Waals surface area contributed by atoms with E-state index in [-0.39, 0.29) is 11.3 Å². The molecule has 1 atom stereocenters. The lowest BCUT2D eigenvalue weighted by Crippen LogP contribution is -2.13. The molecule has 1 aromatic carbocycles. The summed E-state index contributed by atoms with van der Waals surface area (Å²) in [5.74, 6) is -0.498. The number of nitrogens with zero attached hydrogens (tertiary/aromatic N) is 2. The molecule has 1 unspecified atom stereocenters. The molecule has 0 radical (unpaired) electrons. The van der Waals surface area contributed by atoms with Gasteiger partial charge in [0.2, 0.25) is 0 Å². The van der Waals surface area contributed by atoms with Crippen LogP contribution in [0.4, 0.5) is 14.6 Å². The van der Waals surface area contributed by atoms with Crippen LogP contribution in [0.2, 0.25) is 0 Å². The molecule has 0 spiro atoms. The fraction of sp³-hybridized carbons (Fsp3) is 0.200. The second kappa shape index (κ2) is 6.11. The number of hydrogen-bond donors (Lipinski definition) is 1. The molecule has 0 saturated carbocycles. The van der Waals surface area contributed by atoms with Crippen LogP contribution >= 0.6 is 0 Å². The van der Waals surface area contributed by atoms with Crippen molar-refractivity contribution in [1.82, 2.24) is 4.98 Å². The summed E-state index contributed by atoms with van der Waals surface area (Å²) in [4.78, 5) is 4.07. The molecular weight excluding hydrogens is 260 g/mol. The van der Waals surface area contributed by atoms with Gasteiger partial charge in [-0.15, -0.1) is 0 Å². The number of halogens is 2. The first-order valence-corrected chi connectivity index (χ1v) is 6.22. The summed E-state index contributed by atoms with van der Waals surface area (Å²) in [6.07, 6.45) is 0.554. The molecule has 0 amide bonds. The maximum absolute atomic E-state index is 13.8. The largest absolute Gasteiger partial charge is 0.363 e. The van der Waals surface area contributed by atoms with Gasteiger partial charge in [0, 0.05) is 5.56 Å². The number of aromatic nitrogens is 1. The molecule has 0 aliphatic rings. The minimum absolute atomic E-state index is 0.247. The van der Waals surface area contributed by atoms with E-state index < -0.39 is 17.7 Å². The Labute approximate surface area is 115 Å². The number of hydrogen-bond acceptors (Lipinski definition) is 3. The summed E-state index contributed by atoms with van der Waals surface area (Å²) in [5, 5.41) is 11.8. The highest BCUT2D eigenvalue weighted by molar-refractivity contribution is 5.41. The number of nitrogens with one attached hydrogen (secondary N) is 1. The summed E-state index contributed by atoms with van der Waals surface area (Å²) in [7, 11) is 0. The van der Waals surface area contributed by atoms with Gasteiger partial charge in [-0.3, -0.25) is 0 Å². The molecule has 1 N–H and O–H groups in total. The average molecular weight is 273 g/mol. The van der Waals surface area contributed by atoms with Crippen LogP contribution < -0.4 is 5.32 Å². The Bertz CT molecular complexity index is 650. The van der Waals surface area contributed by atoms with Gasteiger partial charge in [-0.1, -0.05) is 13.0 Å². The predicted molar refractivity (Wildman–Crippen MR) is 72.0 cm³/mol. The standard InChI is InChI=1S/C15H13F2N3/c1-2-14(12-8-10(16)6-7-13(12)17)20-15-5-3-4-11(9-18)19-15/h3-8,14H,2H2,1H3,(H,19,20). The van der Waals surface area contributed by atoms with Crippen molar-refractivity contribution in [2.24, 2.45) is 0 Å². The molecule has 0 fully saturated rings. The van der Waals surface area contributed by atoms with E-state index in [0.29, 0.717) is 12.2 Å². The summed E-state index contributed by atoms with van der Waals surface area (Å²) < 4.78 is 27.0. The first kappa shape index (κ1) is 13.9. The zero-order valence-corrected chi connectivity index (χ0v) is 10.9. The van der Waals surface area contributed by atoms with Gasteiger partial charge < -0.3 is 5.32 Å².